The van der Waals surface area contributed by atoms with E-state index in [0.29, 0.717) is 6.61 Å². The van der Waals surface area contributed by atoms with E-state index in [-0.39, 0.29) is 17.5 Å². The number of nitrogens with one attached hydrogen (secondary N) is 1. The summed E-state index contributed by atoms with van der Waals surface area (Å²) < 4.78 is 18.8. The van der Waals surface area contributed by atoms with E-state index in [2.05, 4.69) is 10.3 Å². The van der Waals surface area contributed by atoms with Gasteiger partial charge in [0.1, 0.15) is 5.82 Å². The van der Waals surface area contributed by atoms with Crippen LogP contribution in [-0.2, 0) is 4.74 Å². The fourth-order valence-corrected chi connectivity index (χ4v) is 1.47. The minimum absolute atomic E-state index is 0.0255. The molecule has 1 aromatic heterocycles. The van der Waals surface area contributed by atoms with Gasteiger partial charge in [-0.2, -0.15) is 0 Å². The Morgan fingerprint density at radius 3 is 2.65 bits per heavy atom. The Bertz CT molecular complexity index is 350. The first-order valence-corrected chi connectivity index (χ1v) is 5.90. The van der Waals surface area contributed by atoms with Crippen molar-refractivity contribution in [2.75, 3.05) is 13.2 Å². The number of nitrogens with zero attached hydrogens (tertiary/aromatic N) is 1. The van der Waals surface area contributed by atoms with Crippen molar-refractivity contribution in [2.24, 2.45) is 0 Å². The molecule has 0 saturated heterocycles. The standard InChI is InChI=1S/C13H21FN2O/c1-5-16-12(9-17-13(2,3)4)10-6-11(14)8-15-7-10/h6-8,12,16H,5,9H2,1-4H3. The Labute approximate surface area is 102 Å². The summed E-state index contributed by atoms with van der Waals surface area (Å²) in [4.78, 5) is 3.86. The van der Waals surface area contributed by atoms with Crippen LogP contribution in [0.4, 0.5) is 4.39 Å². The topological polar surface area (TPSA) is 34.1 Å². The van der Waals surface area contributed by atoms with Crippen molar-refractivity contribution in [2.45, 2.75) is 39.3 Å². The Balaban J connectivity index is 2.71. The third-order valence-electron chi connectivity index (χ3n) is 2.26. The molecule has 4 heteroatoms. The summed E-state index contributed by atoms with van der Waals surface area (Å²) in [7, 11) is 0. The van der Waals surface area contributed by atoms with Crippen molar-refractivity contribution in [1.82, 2.24) is 10.3 Å². The number of pyridine rings is 1. The van der Waals surface area contributed by atoms with E-state index in [1.54, 1.807) is 6.20 Å². The quantitative estimate of drug-likeness (QED) is 0.859. The van der Waals surface area contributed by atoms with Crippen LogP contribution in [0.15, 0.2) is 18.5 Å². The largest absolute Gasteiger partial charge is 0.374 e. The molecule has 0 aliphatic heterocycles. The summed E-state index contributed by atoms with van der Waals surface area (Å²) >= 11 is 0. The summed E-state index contributed by atoms with van der Waals surface area (Å²) in [6.45, 7) is 9.31. The first kappa shape index (κ1) is 14.1. The summed E-state index contributed by atoms with van der Waals surface area (Å²) in [5, 5.41) is 3.27. The van der Waals surface area contributed by atoms with Crippen LogP contribution in [-0.4, -0.2) is 23.7 Å². The maximum Gasteiger partial charge on any atom is 0.141 e. The summed E-state index contributed by atoms with van der Waals surface area (Å²) in [6, 6.07) is 1.47. The van der Waals surface area contributed by atoms with Gasteiger partial charge in [-0.15, -0.1) is 0 Å². The first-order chi connectivity index (χ1) is 7.92. The van der Waals surface area contributed by atoms with Crippen LogP contribution in [0.25, 0.3) is 0 Å². The molecular weight excluding hydrogens is 219 g/mol. The van der Waals surface area contributed by atoms with Crippen molar-refractivity contribution in [3.05, 3.63) is 29.8 Å². The highest BCUT2D eigenvalue weighted by Crippen LogP contribution is 2.17. The summed E-state index contributed by atoms with van der Waals surface area (Å²) in [5.74, 6) is -0.318. The van der Waals surface area contributed by atoms with E-state index in [0.717, 1.165) is 12.1 Å². The van der Waals surface area contributed by atoms with E-state index in [4.69, 9.17) is 4.74 Å². The summed E-state index contributed by atoms with van der Waals surface area (Å²) in [6.07, 6.45) is 2.87. The van der Waals surface area contributed by atoms with E-state index in [9.17, 15) is 4.39 Å². The van der Waals surface area contributed by atoms with Crippen molar-refractivity contribution in [3.8, 4) is 0 Å². The molecule has 0 aliphatic rings. The molecule has 0 radical (unpaired) electrons. The molecule has 0 bridgehead atoms. The van der Waals surface area contributed by atoms with Gasteiger partial charge in [0.05, 0.1) is 24.4 Å². The number of hydrogen-bond acceptors (Lipinski definition) is 3. The zero-order valence-corrected chi connectivity index (χ0v) is 11.0. The second kappa shape index (κ2) is 6.07. The van der Waals surface area contributed by atoms with Gasteiger partial charge >= 0.3 is 0 Å². The maximum absolute atomic E-state index is 13.1. The van der Waals surface area contributed by atoms with Gasteiger partial charge in [-0.25, -0.2) is 4.39 Å². The van der Waals surface area contributed by atoms with E-state index in [1.165, 1.54) is 12.3 Å². The maximum atomic E-state index is 13.1. The van der Waals surface area contributed by atoms with E-state index in [1.807, 2.05) is 27.7 Å². The van der Waals surface area contributed by atoms with Crippen LogP contribution in [0, 0.1) is 5.82 Å². The molecule has 0 saturated carbocycles. The zero-order chi connectivity index (χ0) is 12.9. The second-order valence-corrected chi connectivity index (χ2v) is 4.97. The highest BCUT2D eigenvalue weighted by atomic mass is 19.1. The van der Waals surface area contributed by atoms with Gasteiger partial charge in [0.2, 0.25) is 0 Å². The number of hydrogen-bond donors (Lipinski definition) is 1. The minimum atomic E-state index is -0.318. The molecule has 1 rings (SSSR count). The average Bonchev–Trinajstić information content (AvgIpc) is 2.23. The average molecular weight is 240 g/mol. The Morgan fingerprint density at radius 1 is 1.41 bits per heavy atom. The smallest absolute Gasteiger partial charge is 0.141 e. The molecule has 1 unspecified atom stereocenters. The molecule has 0 amide bonds. The van der Waals surface area contributed by atoms with Crippen LogP contribution in [0.2, 0.25) is 0 Å². The Hall–Kier alpha value is -1.00. The van der Waals surface area contributed by atoms with Crippen LogP contribution < -0.4 is 5.32 Å². The number of halogens is 1. The van der Waals surface area contributed by atoms with E-state index < -0.39 is 0 Å². The fourth-order valence-electron chi connectivity index (χ4n) is 1.47. The van der Waals surface area contributed by atoms with Gasteiger partial charge in [-0.1, -0.05) is 6.92 Å². The molecule has 17 heavy (non-hydrogen) atoms. The third-order valence-corrected chi connectivity index (χ3v) is 2.26. The predicted octanol–water partition coefficient (Wildman–Crippen LogP) is 2.69. The normalized spacial score (nSPS) is 13.7. The van der Waals surface area contributed by atoms with E-state index >= 15 is 0 Å². The Kier molecular flexibility index (Phi) is 5.02. The van der Waals surface area contributed by atoms with Gasteiger partial charge in [0.15, 0.2) is 0 Å². The molecule has 1 N–H and O–H groups in total. The number of ether oxygens (including phenoxy) is 1. The van der Waals surface area contributed by atoms with Gasteiger partial charge in [0.25, 0.3) is 0 Å². The highest BCUT2D eigenvalue weighted by molar-refractivity contribution is 5.15. The molecular formula is C13H21FN2O. The zero-order valence-electron chi connectivity index (χ0n) is 11.0. The number of aromatic nitrogens is 1. The SMILES string of the molecule is CCNC(COC(C)(C)C)c1cncc(F)c1. The van der Waals surface area contributed by atoms with Crippen LogP contribution in [0.1, 0.15) is 39.3 Å². The lowest BCUT2D eigenvalue weighted by Gasteiger charge is -2.25. The highest BCUT2D eigenvalue weighted by Gasteiger charge is 2.16. The Morgan fingerprint density at radius 2 is 2.12 bits per heavy atom. The monoisotopic (exact) mass is 240 g/mol. The fraction of sp³-hybridized carbons (Fsp3) is 0.615. The molecule has 0 aromatic carbocycles. The number of rotatable bonds is 5. The van der Waals surface area contributed by atoms with Crippen molar-refractivity contribution in [1.29, 1.82) is 0 Å². The number of likely N-dealkylation sites (N-methyl/N-ethyl adjacent to an activating group) is 1. The van der Waals surface area contributed by atoms with Gasteiger partial charge in [0, 0.05) is 6.20 Å². The second-order valence-electron chi connectivity index (χ2n) is 4.97. The lowest BCUT2D eigenvalue weighted by Crippen LogP contribution is -2.30. The van der Waals surface area contributed by atoms with Crippen LogP contribution in [0.3, 0.4) is 0 Å². The van der Waals surface area contributed by atoms with Crippen molar-refractivity contribution < 1.29 is 9.13 Å². The molecule has 0 fully saturated rings. The molecule has 0 spiro atoms. The minimum Gasteiger partial charge on any atom is -0.374 e. The molecule has 1 atom stereocenters. The first-order valence-electron chi connectivity index (χ1n) is 5.90. The van der Waals surface area contributed by atoms with Crippen molar-refractivity contribution >= 4 is 0 Å². The third kappa shape index (κ3) is 5.24. The van der Waals surface area contributed by atoms with Gasteiger partial charge in [-0.3, -0.25) is 4.98 Å². The summed E-state index contributed by atoms with van der Waals surface area (Å²) in [5.41, 5.74) is 0.616. The van der Waals surface area contributed by atoms with Crippen LogP contribution in [0.5, 0.6) is 0 Å². The molecule has 3 nitrogen and oxygen atoms in total. The molecule has 1 aromatic rings. The lowest BCUT2D eigenvalue weighted by atomic mass is 10.1. The lowest BCUT2D eigenvalue weighted by molar-refractivity contribution is -0.0146. The molecule has 96 valence electrons. The van der Waals surface area contributed by atoms with Gasteiger partial charge < -0.3 is 10.1 Å². The van der Waals surface area contributed by atoms with Crippen LogP contribution >= 0.6 is 0 Å². The molecule has 1 heterocycles. The van der Waals surface area contributed by atoms with Crippen molar-refractivity contribution in [3.63, 3.8) is 0 Å². The van der Waals surface area contributed by atoms with Gasteiger partial charge in [-0.05, 0) is 38.9 Å². The predicted molar refractivity (Wildman–Crippen MR) is 66.3 cm³/mol. The molecule has 0 aliphatic carbocycles.